The summed E-state index contributed by atoms with van der Waals surface area (Å²) in [6.45, 7) is 0.744. The van der Waals surface area contributed by atoms with Crippen LogP contribution in [-0.2, 0) is 12.8 Å². The zero-order valence-corrected chi connectivity index (χ0v) is 13.5. The fourth-order valence-corrected chi connectivity index (χ4v) is 3.22. The monoisotopic (exact) mass is 347 g/mol. The Balaban J connectivity index is 1.83. The largest absolute Gasteiger partial charge is 0.497 e. The van der Waals surface area contributed by atoms with Crippen LogP contribution in [0.3, 0.4) is 0 Å². The van der Waals surface area contributed by atoms with Crippen LogP contribution in [0, 0.1) is 0 Å². The minimum Gasteiger partial charge on any atom is -0.497 e. The number of hydrogen-bond donors (Lipinski definition) is 1. The van der Waals surface area contributed by atoms with Crippen LogP contribution in [0.5, 0.6) is 11.5 Å². The van der Waals surface area contributed by atoms with Gasteiger partial charge in [0.05, 0.1) is 13.7 Å². The van der Waals surface area contributed by atoms with Gasteiger partial charge in [-0.2, -0.15) is 0 Å². The summed E-state index contributed by atoms with van der Waals surface area (Å²) < 4.78 is 12.0. The fraction of sp³-hybridized carbons (Fsp3) is 0.294. The predicted octanol–water partition coefficient (Wildman–Crippen LogP) is 3.64. The average Bonchev–Trinajstić information content (AvgIpc) is 2.95. The van der Waals surface area contributed by atoms with Crippen LogP contribution < -0.4 is 15.2 Å². The molecule has 1 unspecified atom stereocenters. The molecule has 0 aliphatic carbocycles. The Morgan fingerprint density at radius 3 is 2.76 bits per heavy atom. The second-order valence-corrected chi connectivity index (χ2v) is 6.16. The summed E-state index contributed by atoms with van der Waals surface area (Å²) in [7, 11) is 1.67. The molecule has 0 fully saturated rings. The first kappa shape index (κ1) is 14.4. The van der Waals surface area contributed by atoms with Crippen molar-refractivity contribution in [2.75, 3.05) is 13.7 Å². The lowest BCUT2D eigenvalue weighted by Crippen LogP contribution is -2.14. The normalized spacial score (nSPS) is 14.4. The van der Waals surface area contributed by atoms with E-state index in [9.17, 15) is 0 Å². The molecule has 0 bridgehead atoms. The van der Waals surface area contributed by atoms with Crippen molar-refractivity contribution < 1.29 is 9.47 Å². The first-order chi connectivity index (χ1) is 10.2. The molecule has 3 nitrogen and oxygen atoms in total. The van der Waals surface area contributed by atoms with Crippen LogP contribution in [0.25, 0.3) is 0 Å². The van der Waals surface area contributed by atoms with Crippen LogP contribution in [0.15, 0.2) is 40.9 Å². The van der Waals surface area contributed by atoms with Crippen LogP contribution in [-0.4, -0.2) is 13.7 Å². The highest BCUT2D eigenvalue weighted by Gasteiger charge is 2.21. The van der Waals surface area contributed by atoms with Gasteiger partial charge in [-0.05, 0) is 41.8 Å². The molecule has 1 heterocycles. The summed E-state index contributed by atoms with van der Waals surface area (Å²) in [6.07, 6.45) is 1.73. The third-order valence-electron chi connectivity index (χ3n) is 3.79. The van der Waals surface area contributed by atoms with Crippen molar-refractivity contribution in [2.24, 2.45) is 5.73 Å². The van der Waals surface area contributed by atoms with Crippen LogP contribution in [0.2, 0.25) is 0 Å². The first-order valence-corrected chi connectivity index (χ1v) is 7.80. The highest BCUT2D eigenvalue weighted by Crippen LogP contribution is 2.36. The highest BCUT2D eigenvalue weighted by atomic mass is 79.9. The second-order valence-electron chi connectivity index (χ2n) is 5.24. The first-order valence-electron chi connectivity index (χ1n) is 7.01. The maximum Gasteiger partial charge on any atom is 0.127 e. The Kier molecular flexibility index (Phi) is 4.17. The lowest BCUT2D eigenvalue weighted by Gasteiger charge is -2.16. The molecule has 4 heteroatoms. The quantitative estimate of drug-likeness (QED) is 0.918. The summed E-state index contributed by atoms with van der Waals surface area (Å²) >= 11 is 3.56. The molecule has 2 aromatic rings. The third-order valence-corrected chi connectivity index (χ3v) is 4.25. The fourth-order valence-electron chi connectivity index (χ4n) is 2.70. The lowest BCUT2D eigenvalue weighted by atomic mass is 9.97. The van der Waals surface area contributed by atoms with Gasteiger partial charge in [0.15, 0.2) is 0 Å². The molecule has 110 valence electrons. The van der Waals surface area contributed by atoms with Crippen molar-refractivity contribution >= 4 is 15.9 Å². The van der Waals surface area contributed by atoms with Gasteiger partial charge in [0.2, 0.25) is 0 Å². The molecule has 1 aliphatic rings. The molecule has 0 radical (unpaired) electrons. The Bertz CT molecular complexity index is 640. The molecular formula is C17H18BrNO2. The molecule has 0 saturated carbocycles. The number of methoxy groups -OCH3 is 1. The number of nitrogens with two attached hydrogens (primary N) is 1. The average molecular weight is 348 g/mol. The summed E-state index contributed by atoms with van der Waals surface area (Å²) in [6, 6.07) is 12.1. The van der Waals surface area contributed by atoms with Gasteiger partial charge >= 0.3 is 0 Å². The number of fused-ring (bicyclic) bond motifs is 1. The van der Waals surface area contributed by atoms with E-state index in [1.165, 1.54) is 11.1 Å². The molecule has 0 spiro atoms. The highest BCUT2D eigenvalue weighted by molar-refractivity contribution is 9.10. The molecule has 0 saturated heterocycles. The van der Waals surface area contributed by atoms with Crippen LogP contribution in [0.4, 0.5) is 0 Å². The van der Waals surface area contributed by atoms with Crippen molar-refractivity contribution in [3.05, 3.63) is 57.6 Å². The lowest BCUT2D eigenvalue weighted by molar-refractivity contribution is 0.351. The SMILES string of the molecule is COc1ccc(CC(N)c2cc(Br)cc3c2OCC3)cc1. The van der Waals surface area contributed by atoms with Gasteiger partial charge in [-0.3, -0.25) is 0 Å². The zero-order valence-electron chi connectivity index (χ0n) is 11.9. The molecule has 21 heavy (non-hydrogen) atoms. The Morgan fingerprint density at radius 1 is 1.29 bits per heavy atom. The molecule has 1 aliphatic heterocycles. The number of hydrogen-bond acceptors (Lipinski definition) is 3. The topological polar surface area (TPSA) is 44.5 Å². The van der Waals surface area contributed by atoms with Crippen molar-refractivity contribution in [3.63, 3.8) is 0 Å². The molecule has 1 atom stereocenters. The number of ether oxygens (including phenoxy) is 2. The van der Waals surface area contributed by atoms with E-state index in [1.54, 1.807) is 7.11 Å². The third kappa shape index (κ3) is 3.06. The minimum atomic E-state index is -0.0808. The standard InChI is InChI=1S/C17H18BrNO2/c1-20-14-4-2-11(3-5-14)8-16(19)15-10-13(18)9-12-6-7-21-17(12)15/h2-5,9-10,16H,6-8,19H2,1H3. The molecule has 0 amide bonds. The van der Waals surface area contributed by atoms with Gasteiger partial charge in [-0.25, -0.2) is 0 Å². The van der Waals surface area contributed by atoms with Gasteiger partial charge in [-0.15, -0.1) is 0 Å². The number of benzene rings is 2. The van der Waals surface area contributed by atoms with Gasteiger partial charge in [0, 0.05) is 22.5 Å². The van der Waals surface area contributed by atoms with Crippen LogP contribution in [0.1, 0.15) is 22.7 Å². The summed E-state index contributed by atoms with van der Waals surface area (Å²) in [5, 5.41) is 0. The second kappa shape index (κ2) is 6.08. The van der Waals surface area contributed by atoms with E-state index < -0.39 is 0 Å². The Hall–Kier alpha value is -1.52. The summed E-state index contributed by atoms with van der Waals surface area (Å²) in [5.41, 5.74) is 9.91. The van der Waals surface area contributed by atoms with E-state index in [2.05, 4.69) is 40.2 Å². The van der Waals surface area contributed by atoms with E-state index in [4.69, 9.17) is 15.2 Å². The maximum atomic E-state index is 6.41. The van der Waals surface area contributed by atoms with Gasteiger partial charge in [0.25, 0.3) is 0 Å². The van der Waals surface area contributed by atoms with Crippen molar-refractivity contribution in [1.82, 2.24) is 0 Å². The molecule has 2 N–H and O–H groups in total. The Labute approximate surface area is 133 Å². The number of halogens is 1. The molecular weight excluding hydrogens is 330 g/mol. The summed E-state index contributed by atoms with van der Waals surface area (Å²) in [4.78, 5) is 0. The number of rotatable bonds is 4. The molecule has 3 rings (SSSR count). The molecule has 0 aromatic heterocycles. The van der Waals surface area contributed by atoms with Crippen LogP contribution >= 0.6 is 15.9 Å². The molecule has 2 aromatic carbocycles. The van der Waals surface area contributed by atoms with E-state index in [1.807, 2.05) is 12.1 Å². The van der Waals surface area contributed by atoms with E-state index in [0.29, 0.717) is 0 Å². The van der Waals surface area contributed by atoms with E-state index in [0.717, 1.165) is 41.0 Å². The van der Waals surface area contributed by atoms with Gasteiger partial charge in [0.1, 0.15) is 11.5 Å². The van der Waals surface area contributed by atoms with Crippen molar-refractivity contribution in [2.45, 2.75) is 18.9 Å². The van der Waals surface area contributed by atoms with E-state index >= 15 is 0 Å². The zero-order chi connectivity index (χ0) is 14.8. The maximum absolute atomic E-state index is 6.41. The Morgan fingerprint density at radius 2 is 2.05 bits per heavy atom. The predicted molar refractivity (Wildman–Crippen MR) is 87.0 cm³/mol. The van der Waals surface area contributed by atoms with Gasteiger partial charge < -0.3 is 15.2 Å². The minimum absolute atomic E-state index is 0.0808. The van der Waals surface area contributed by atoms with E-state index in [-0.39, 0.29) is 6.04 Å². The van der Waals surface area contributed by atoms with Crippen molar-refractivity contribution in [3.8, 4) is 11.5 Å². The summed E-state index contributed by atoms with van der Waals surface area (Å²) in [5.74, 6) is 1.83. The van der Waals surface area contributed by atoms with Gasteiger partial charge in [-0.1, -0.05) is 28.1 Å². The van der Waals surface area contributed by atoms with Crippen molar-refractivity contribution in [1.29, 1.82) is 0 Å². The smallest absolute Gasteiger partial charge is 0.127 e.